The fourth-order valence-corrected chi connectivity index (χ4v) is 1.47. The van der Waals surface area contributed by atoms with E-state index in [1.54, 1.807) is 11.0 Å². The van der Waals surface area contributed by atoms with Gasteiger partial charge in [-0.1, -0.05) is 0 Å². The maximum Gasteiger partial charge on any atom is 0.293 e. The maximum absolute atomic E-state index is 11.6. The predicted octanol–water partition coefficient (Wildman–Crippen LogP) is 0.239. The third kappa shape index (κ3) is 4.31. The van der Waals surface area contributed by atoms with Gasteiger partial charge in [0.1, 0.15) is 0 Å². The molecule has 0 aromatic carbocycles. The minimum Gasteiger partial charge on any atom is -0.459 e. The average molecular weight is 254 g/mol. The summed E-state index contributed by atoms with van der Waals surface area (Å²) in [5.74, 6) is -0.877. The van der Waals surface area contributed by atoms with Crippen LogP contribution in [0.1, 0.15) is 24.4 Å². The quantitative estimate of drug-likeness (QED) is 0.759. The molecular formula is C12H18N2O4. The first-order chi connectivity index (χ1) is 8.54. The Morgan fingerprint density at radius 1 is 1.50 bits per heavy atom. The Bertz CT molecular complexity index is 387. The monoisotopic (exact) mass is 254 g/mol. The molecule has 0 bridgehead atoms. The highest BCUT2D eigenvalue weighted by atomic mass is 16.3. The summed E-state index contributed by atoms with van der Waals surface area (Å²) in [4.78, 5) is 24.9. The topological polar surface area (TPSA) is 82.8 Å². The smallest absolute Gasteiger partial charge is 0.293 e. The van der Waals surface area contributed by atoms with Crippen LogP contribution in [-0.2, 0) is 4.79 Å². The lowest BCUT2D eigenvalue weighted by atomic mass is 10.3. The van der Waals surface area contributed by atoms with E-state index in [0.29, 0.717) is 6.54 Å². The number of carbonyl (C=O) groups excluding carboxylic acids is 2. The van der Waals surface area contributed by atoms with E-state index >= 15 is 0 Å². The largest absolute Gasteiger partial charge is 0.459 e. The molecule has 100 valence electrons. The van der Waals surface area contributed by atoms with E-state index in [1.165, 1.54) is 12.3 Å². The second-order valence-corrected chi connectivity index (χ2v) is 4.14. The first-order valence-electron chi connectivity index (χ1n) is 5.77. The molecule has 2 N–H and O–H groups in total. The Kier molecular flexibility index (Phi) is 5.54. The van der Waals surface area contributed by atoms with Crippen molar-refractivity contribution >= 4 is 11.8 Å². The van der Waals surface area contributed by atoms with Crippen molar-refractivity contribution in [3.05, 3.63) is 24.2 Å². The molecule has 0 unspecified atom stereocenters. The highest BCUT2D eigenvalue weighted by Gasteiger charge is 2.17. The standard InChI is InChI=1S/C12H18N2O4/c1-9(2)14(5-6-15)8-11(16)13-12(17)10-4-3-7-18-10/h3-4,7,9,15H,5-6,8H2,1-2H3,(H,13,16,17). The molecule has 0 saturated heterocycles. The molecule has 2 amide bonds. The second kappa shape index (κ2) is 6.93. The number of rotatable bonds is 6. The number of aliphatic hydroxyl groups excluding tert-OH is 1. The Labute approximate surface area is 106 Å². The summed E-state index contributed by atoms with van der Waals surface area (Å²) in [5.41, 5.74) is 0. The number of aliphatic hydroxyl groups is 1. The lowest BCUT2D eigenvalue weighted by Crippen LogP contribution is -2.43. The first kappa shape index (κ1) is 14.4. The molecule has 0 aliphatic rings. The summed E-state index contributed by atoms with van der Waals surface area (Å²) in [5, 5.41) is 11.1. The molecule has 0 aliphatic carbocycles. The normalized spacial score (nSPS) is 10.9. The van der Waals surface area contributed by atoms with E-state index in [0.717, 1.165) is 0 Å². The summed E-state index contributed by atoms with van der Waals surface area (Å²) < 4.78 is 4.88. The Balaban J connectivity index is 2.47. The highest BCUT2D eigenvalue weighted by Crippen LogP contribution is 2.00. The number of nitrogens with one attached hydrogen (secondary N) is 1. The van der Waals surface area contributed by atoms with Crippen LogP contribution in [0.3, 0.4) is 0 Å². The molecule has 0 aliphatic heterocycles. The van der Waals surface area contributed by atoms with Crippen molar-refractivity contribution in [3.63, 3.8) is 0 Å². The number of amides is 2. The number of hydrogen-bond donors (Lipinski definition) is 2. The van der Waals surface area contributed by atoms with Gasteiger partial charge in [-0.2, -0.15) is 0 Å². The summed E-state index contributed by atoms with van der Waals surface area (Å²) in [6.07, 6.45) is 1.37. The summed E-state index contributed by atoms with van der Waals surface area (Å²) in [6, 6.07) is 3.17. The number of nitrogens with zero attached hydrogens (tertiary/aromatic N) is 1. The van der Waals surface area contributed by atoms with Gasteiger partial charge >= 0.3 is 0 Å². The summed E-state index contributed by atoms with van der Waals surface area (Å²) in [6.45, 7) is 4.25. The molecular weight excluding hydrogens is 236 g/mol. The summed E-state index contributed by atoms with van der Waals surface area (Å²) >= 11 is 0. The zero-order chi connectivity index (χ0) is 13.5. The van der Waals surface area contributed by atoms with Gasteiger partial charge in [0.2, 0.25) is 5.91 Å². The van der Waals surface area contributed by atoms with Gasteiger partial charge in [-0.05, 0) is 26.0 Å². The average Bonchev–Trinajstić information content (AvgIpc) is 2.81. The van der Waals surface area contributed by atoms with Gasteiger partial charge in [0.15, 0.2) is 5.76 Å². The lowest BCUT2D eigenvalue weighted by Gasteiger charge is -2.24. The van der Waals surface area contributed by atoms with Crippen molar-refractivity contribution in [2.24, 2.45) is 0 Å². The first-order valence-corrected chi connectivity index (χ1v) is 5.77. The van der Waals surface area contributed by atoms with Crippen LogP contribution < -0.4 is 5.32 Å². The van der Waals surface area contributed by atoms with E-state index in [2.05, 4.69) is 5.32 Å². The zero-order valence-corrected chi connectivity index (χ0v) is 10.5. The maximum atomic E-state index is 11.6. The van der Waals surface area contributed by atoms with Gasteiger partial charge in [0.25, 0.3) is 5.91 Å². The van der Waals surface area contributed by atoms with E-state index < -0.39 is 11.8 Å². The second-order valence-electron chi connectivity index (χ2n) is 4.14. The van der Waals surface area contributed by atoms with Gasteiger partial charge in [0.05, 0.1) is 19.4 Å². The van der Waals surface area contributed by atoms with Crippen LogP contribution in [0.5, 0.6) is 0 Å². The molecule has 1 aromatic heterocycles. The van der Waals surface area contributed by atoms with Crippen molar-refractivity contribution in [2.45, 2.75) is 19.9 Å². The minimum atomic E-state index is -0.558. The molecule has 18 heavy (non-hydrogen) atoms. The molecule has 1 rings (SSSR count). The Hall–Kier alpha value is -1.66. The van der Waals surface area contributed by atoms with E-state index in [1.807, 2.05) is 13.8 Å². The fourth-order valence-electron chi connectivity index (χ4n) is 1.47. The lowest BCUT2D eigenvalue weighted by molar-refractivity contribution is -0.121. The SMILES string of the molecule is CC(C)N(CCO)CC(=O)NC(=O)c1ccco1. The molecule has 0 saturated carbocycles. The number of imide groups is 1. The predicted molar refractivity (Wildman–Crippen MR) is 65.0 cm³/mol. The third-order valence-corrected chi connectivity index (χ3v) is 2.46. The molecule has 0 fully saturated rings. The molecule has 1 heterocycles. The van der Waals surface area contributed by atoms with E-state index in [9.17, 15) is 9.59 Å². The molecule has 1 aromatic rings. The highest BCUT2D eigenvalue weighted by molar-refractivity contribution is 6.03. The third-order valence-electron chi connectivity index (χ3n) is 2.46. The van der Waals surface area contributed by atoms with Crippen LogP contribution in [-0.4, -0.2) is 47.6 Å². The van der Waals surface area contributed by atoms with Crippen LogP contribution in [0.15, 0.2) is 22.8 Å². The van der Waals surface area contributed by atoms with Crippen LogP contribution >= 0.6 is 0 Å². The van der Waals surface area contributed by atoms with Crippen LogP contribution in [0, 0.1) is 0 Å². The molecule has 0 atom stereocenters. The zero-order valence-electron chi connectivity index (χ0n) is 10.5. The van der Waals surface area contributed by atoms with Crippen LogP contribution in [0.25, 0.3) is 0 Å². The van der Waals surface area contributed by atoms with Crippen molar-refractivity contribution in [3.8, 4) is 0 Å². The van der Waals surface area contributed by atoms with Crippen molar-refractivity contribution < 1.29 is 19.1 Å². The Morgan fingerprint density at radius 3 is 2.72 bits per heavy atom. The van der Waals surface area contributed by atoms with Gasteiger partial charge < -0.3 is 9.52 Å². The van der Waals surface area contributed by atoms with Crippen molar-refractivity contribution in [1.82, 2.24) is 10.2 Å². The van der Waals surface area contributed by atoms with Crippen LogP contribution in [0.4, 0.5) is 0 Å². The number of hydrogen-bond acceptors (Lipinski definition) is 5. The van der Waals surface area contributed by atoms with Gasteiger partial charge in [0, 0.05) is 12.6 Å². The van der Waals surface area contributed by atoms with Crippen LogP contribution in [0.2, 0.25) is 0 Å². The molecule has 6 nitrogen and oxygen atoms in total. The number of furan rings is 1. The van der Waals surface area contributed by atoms with Crippen molar-refractivity contribution in [2.75, 3.05) is 19.7 Å². The number of carbonyl (C=O) groups is 2. The van der Waals surface area contributed by atoms with Crippen molar-refractivity contribution in [1.29, 1.82) is 0 Å². The molecule has 0 spiro atoms. The molecule has 0 radical (unpaired) electrons. The fraction of sp³-hybridized carbons (Fsp3) is 0.500. The molecule has 6 heteroatoms. The summed E-state index contributed by atoms with van der Waals surface area (Å²) in [7, 11) is 0. The van der Waals surface area contributed by atoms with Gasteiger partial charge in [-0.3, -0.25) is 19.8 Å². The van der Waals surface area contributed by atoms with E-state index in [-0.39, 0.29) is 25.0 Å². The van der Waals surface area contributed by atoms with Gasteiger partial charge in [-0.15, -0.1) is 0 Å². The Morgan fingerprint density at radius 2 is 2.22 bits per heavy atom. The van der Waals surface area contributed by atoms with E-state index in [4.69, 9.17) is 9.52 Å². The minimum absolute atomic E-state index is 0.0302. The van der Waals surface area contributed by atoms with Gasteiger partial charge in [-0.25, -0.2) is 0 Å².